The highest BCUT2D eigenvalue weighted by Crippen LogP contribution is 2.25. The van der Waals surface area contributed by atoms with Crippen LogP contribution in [0.25, 0.3) is 0 Å². The number of hydrogen-bond donors (Lipinski definition) is 0. The van der Waals surface area contributed by atoms with E-state index in [1.165, 1.54) is 26.4 Å². The van der Waals surface area contributed by atoms with Crippen LogP contribution in [0, 0.1) is 0 Å². The van der Waals surface area contributed by atoms with Gasteiger partial charge in [-0.1, -0.05) is 19.8 Å². The zero-order valence-corrected chi connectivity index (χ0v) is 13.3. The van der Waals surface area contributed by atoms with Crippen LogP contribution in [0.15, 0.2) is 18.2 Å². The summed E-state index contributed by atoms with van der Waals surface area (Å²) in [5.41, 5.74) is 0.0770. The topological polar surface area (TPSA) is 89.5 Å². The van der Waals surface area contributed by atoms with Gasteiger partial charge in [-0.2, -0.15) is 0 Å². The molecule has 1 aromatic rings. The van der Waals surface area contributed by atoms with Gasteiger partial charge in [0.1, 0.15) is 17.1 Å². The Morgan fingerprint density at radius 3 is 2.48 bits per heavy atom. The largest absolute Gasteiger partial charge is 0.543 e. The standard InChI is InChI=1S/C15H20O8/c1-4-5-6-9-20-15(17)22-23-21-14(16)12-8-7-11(18-2)10-13(12)19-3/h7-8,10H,4-6,9H2,1-3H3. The van der Waals surface area contributed by atoms with Crippen molar-refractivity contribution in [1.82, 2.24) is 0 Å². The lowest BCUT2D eigenvalue weighted by Crippen LogP contribution is -2.13. The van der Waals surface area contributed by atoms with E-state index in [9.17, 15) is 9.59 Å². The molecule has 0 saturated heterocycles. The van der Waals surface area contributed by atoms with Crippen molar-refractivity contribution in [3.05, 3.63) is 23.8 Å². The molecule has 0 aliphatic heterocycles. The molecule has 23 heavy (non-hydrogen) atoms. The Labute approximate surface area is 134 Å². The Bertz CT molecular complexity index is 514. The first-order chi connectivity index (χ1) is 11.1. The average molecular weight is 328 g/mol. The van der Waals surface area contributed by atoms with Crippen molar-refractivity contribution < 1.29 is 38.6 Å². The zero-order chi connectivity index (χ0) is 17.1. The van der Waals surface area contributed by atoms with E-state index < -0.39 is 12.1 Å². The average Bonchev–Trinajstić information content (AvgIpc) is 2.58. The number of benzene rings is 1. The van der Waals surface area contributed by atoms with Crippen LogP contribution in [0.3, 0.4) is 0 Å². The van der Waals surface area contributed by atoms with Crippen LogP contribution in [-0.4, -0.2) is 33.0 Å². The van der Waals surface area contributed by atoms with Gasteiger partial charge in [-0.15, -0.1) is 0 Å². The third kappa shape index (κ3) is 6.43. The number of methoxy groups -OCH3 is 2. The van der Waals surface area contributed by atoms with Crippen molar-refractivity contribution >= 4 is 12.1 Å². The maximum absolute atomic E-state index is 11.8. The fraction of sp³-hybridized carbons (Fsp3) is 0.467. The summed E-state index contributed by atoms with van der Waals surface area (Å²) in [7, 11) is 2.87. The molecule has 0 amide bonds. The van der Waals surface area contributed by atoms with Crippen molar-refractivity contribution in [3.8, 4) is 11.5 Å². The lowest BCUT2D eigenvalue weighted by molar-refractivity contribution is -0.452. The van der Waals surface area contributed by atoms with E-state index >= 15 is 0 Å². The van der Waals surface area contributed by atoms with Gasteiger partial charge < -0.3 is 14.2 Å². The highest BCUT2D eigenvalue weighted by atomic mass is 17.5. The lowest BCUT2D eigenvalue weighted by atomic mass is 10.2. The highest BCUT2D eigenvalue weighted by molar-refractivity contribution is 5.92. The molecule has 8 nitrogen and oxygen atoms in total. The molecule has 8 heteroatoms. The molecule has 0 bridgehead atoms. The summed E-state index contributed by atoms with van der Waals surface area (Å²) >= 11 is 0. The molecule has 0 fully saturated rings. The normalized spacial score (nSPS) is 9.87. The molecule has 0 aliphatic rings. The minimum absolute atomic E-state index is 0.0770. The molecule has 0 aliphatic carbocycles. The first-order valence-electron chi connectivity index (χ1n) is 7.06. The summed E-state index contributed by atoms with van der Waals surface area (Å²) in [6.07, 6.45) is 1.56. The molecule has 0 heterocycles. The summed E-state index contributed by atoms with van der Waals surface area (Å²) in [6, 6.07) is 4.47. The summed E-state index contributed by atoms with van der Waals surface area (Å²) in [4.78, 5) is 31.5. The molecular weight excluding hydrogens is 308 g/mol. The van der Waals surface area contributed by atoms with Crippen molar-refractivity contribution in [1.29, 1.82) is 0 Å². The molecule has 1 rings (SSSR count). The summed E-state index contributed by atoms with van der Waals surface area (Å²) in [5.74, 6) is -0.172. The maximum atomic E-state index is 11.8. The fourth-order valence-electron chi connectivity index (χ4n) is 1.62. The van der Waals surface area contributed by atoms with Gasteiger partial charge in [-0.25, -0.2) is 14.5 Å². The van der Waals surface area contributed by atoms with Gasteiger partial charge in [-0.05, 0) is 18.6 Å². The molecule has 0 radical (unpaired) electrons. The molecule has 0 atom stereocenters. The molecule has 0 N–H and O–H groups in total. The molecule has 0 spiro atoms. The molecule has 0 unspecified atom stereocenters. The predicted octanol–water partition coefficient (Wildman–Crippen LogP) is 3.05. The molecule has 1 aromatic carbocycles. The van der Waals surface area contributed by atoms with Crippen LogP contribution in [0.4, 0.5) is 4.79 Å². The number of carbonyl (C=O) groups excluding carboxylic acids is 2. The van der Waals surface area contributed by atoms with Crippen LogP contribution in [0.1, 0.15) is 36.5 Å². The first kappa shape index (κ1) is 18.6. The Hall–Kier alpha value is -2.48. The number of hydrogen-bond acceptors (Lipinski definition) is 8. The summed E-state index contributed by atoms with van der Waals surface area (Å²) in [6.45, 7) is 2.23. The van der Waals surface area contributed by atoms with Crippen LogP contribution in [0.5, 0.6) is 11.5 Å². The van der Waals surface area contributed by atoms with Crippen LogP contribution in [-0.2, 0) is 19.6 Å². The third-order valence-electron chi connectivity index (χ3n) is 2.81. The van der Waals surface area contributed by atoms with Crippen molar-refractivity contribution in [2.45, 2.75) is 26.2 Å². The Kier molecular flexibility index (Phi) is 8.30. The van der Waals surface area contributed by atoms with E-state index in [1.54, 1.807) is 6.07 Å². The van der Waals surface area contributed by atoms with E-state index in [4.69, 9.17) is 9.47 Å². The van der Waals surface area contributed by atoms with E-state index in [1.807, 2.05) is 6.92 Å². The Balaban J connectivity index is 2.40. The van der Waals surface area contributed by atoms with Crippen molar-refractivity contribution in [2.75, 3.05) is 20.8 Å². The van der Waals surface area contributed by atoms with Crippen molar-refractivity contribution in [2.24, 2.45) is 0 Å². The van der Waals surface area contributed by atoms with E-state index in [0.717, 1.165) is 12.8 Å². The number of carbonyl (C=O) groups is 2. The summed E-state index contributed by atoms with van der Waals surface area (Å²) in [5, 5.41) is 4.11. The van der Waals surface area contributed by atoms with E-state index in [0.29, 0.717) is 12.2 Å². The molecular formula is C15H20O8. The van der Waals surface area contributed by atoms with E-state index in [2.05, 4.69) is 19.6 Å². The van der Waals surface area contributed by atoms with Gasteiger partial charge >= 0.3 is 12.1 Å². The minimum Gasteiger partial charge on any atom is -0.497 e. The van der Waals surface area contributed by atoms with Gasteiger partial charge in [0.05, 0.1) is 25.9 Å². The number of rotatable bonds is 9. The SMILES string of the molecule is CCCCCOC(=O)OOOC(=O)c1ccc(OC)cc1OC. The van der Waals surface area contributed by atoms with Crippen LogP contribution >= 0.6 is 0 Å². The quantitative estimate of drug-likeness (QED) is 0.296. The highest BCUT2D eigenvalue weighted by Gasteiger charge is 2.17. The molecule has 0 saturated carbocycles. The van der Waals surface area contributed by atoms with Crippen molar-refractivity contribution in [3.63, 3.8) is 0 Å². The Morgan fingerprint density at radius 2 is 1.83 bits per heavy atom. The predicted molar refractivity (Wildman–Crippen MR) is 78.0 cm³/mol. The lowest BCUT2D eigenvalue weighted by Gasteiger charge is -2.08. The second kappa shape index (κ2) is 10.3. The van der Waals surface area contributed by atoms with Crippen LogP contribution in [0.2, 0.25) is 0 Å². The monoisotopic (exact) mass is 328 g/mol. The van der Waals surface area contributed by atoms with Gasteiger partial charge in [0.15, 0.2) is 0 Å². The third-order valence-corrected chi connectivity index (χ3v) is 2.81. The summed E-state index contributed by atoms with van der Waals surface area (Å²) < 4.78 is 14.7. The van der Waals surface area contributed by atoms with Gasteiger partial charge in [0.25, 0.3) is 0 Å². The number of unbranched alkanes of at least 4 members (excludes halogenated alkanes) is 2. The maximum Gasteiger partial charge on any atom is 0.543 e. The Morgan fingerprint density at radius 1 is 1.04 bits per heavy atom. The zero-order valence-electron chi connectivity index (χ0n) is 13.3. The second-order valence-electron chi connectivity index (χ2n) is 4.39. The smallest absolute Gasteiger partial charge is 0.497 e. The first-order valence-corrected chi connectivity index (χ1v) is 7.06. The second-order valence-corrected chi connectivity index (χ2v) is 4.39. The molecule has 0 aromatic heterocycles. The van der Waals surface area contributed by atoms with E-state index in [-0.39, 0.29) is 17.9 Å². The minimum atomic E-state index is -1.09. The fourth-order valence-corrected chi connectivity index (χ4v) is 1.62. The molecule has 128 valence electrons. The van der Waals surface area contributed by atoms with Gasteiger partial charge in [0, 0.05) is 6.07 Å². The number of ether oxygens (including phenoxy) is 3. The van der Waals surface area contributed by atoms with Gasteiger partial charge in [-0.3, -0.25) is 4.89 Å². The van der Waals surface area contributed by atoms with Crippen LogP contribution < -0.4 is 9.47 Å². The van der Waals surface area contributed by atoms with Gasteiger partial charge in [0.2, 0.25) is 0 Å².